The average molecular weight is 431 g/mol. The number of carbonyl (C=O) groups excluding carboxylic acids is 2. The van der Waals surface area contributed by atoms with Crippen molar-refractivity contribution in [2.75, 3.05) is 20.1 Å². The minimum atomic E-state index is -0.748. The number of amides is 2. The Bertz CT molecular complexity index is 1120. The van der Waals surface area contributed by atoms with E-state index in [1.165, 1.54) is 6.07 Å². The summed E-state index contributed by atoms with van der Waals surface area (Å²) in [6.45, 7) is 0.880. The van der Waals surface area contributed by atoms with Crippen molar-refractivity contribution in [1.82, 2.24) is 10.2 Å². The summed E-state index contributed by atoms with van der Waals surface area (Å²) in [5.74, 6) is -0.361. The van der Waals surface area contributed by atoms with Crippen molar-refractivity contribution in [3.8, 4) is 11.1 Å². The molecule has 1 aliphatic rings. The van der Waals surface area contributed by atoms with Gasteiger partial charge in [0.15, 0.2) is 0 Å². The molecule has 32 heavy (non-hydrogen) atoms. The molecule has 1 atom stereocenters. The van der Waals surface area contributed by atoms with E-state index in [0.717, 1.165) is 16.7 Å². The zero-order chi connectivity index (χ0) is 22.6. The summed E-state index contributed by atoms with van der Waals surface area (Å²) < 4.78 is 14.5. The second-order valence-corrected chi connectivity index (χ2v) is 8.40. The van der Waals surface area contributed by atoms with E-state index in [9.17, 15) is 14.0 Å². The molecule has 2 amide bonds. The lowest BCUT2D eigenvalue weighted by molar-refractivity contribution is -0.132. The van der Waals surface area contributed by atoms with Gasteiger partial charge in [-0.05, 0) is 35.6 Å². The maximum atomic E-state index is 14.5. The lowest BCUT2D eigenvalue weighted by Crippen LogP contribution is -2.44. The Labute approximate surface area is 188 Å². The van der Waals surface area contributed by atoms with Crippen LogP contribution in [0.3, 0.4) is 0 Å². The maximum Gasteiger partial charge on any atom is 0.228 e. The van der Waals surface area contributed by atoms with E-state index in [1.807, 2.05) is 60.7 Å². The molecule has 1 fully saturated rings. The van der Waals surface area contributed by atoms with Gasteiger partial charge in [0, 0.05) is 25.7 Å². The van der Waals surface area contributed by atoms with Gasteiger partial charge < -0.3 is 10.2 Å². The predicted octanol–water partition coefficient (Wildman–Crippen LogP) is 4.24. The quantitative estimate of drug-likeness (QED) is 0.636. The molecule has 0 saturated carbocycles. The Balaban J connectivity index is 1.60. The number of hydrogen-bond donors (Lipinski definition) is 1. The highest BCUT2D eigenvalue weighted by molar-refractivity contribution is 5.86. The van der Waals surface area contributed by atoms with Gasteiger partial charge in [0.05, 0.1) is 11.8 Å². The fourth-order valence-electron chi connectivity index (χ4n) is 4.62. The van der Waals surface area contributed by atoms with Gasteiger partial charge in [0.1, 0.15) is 5.82 Å². The first-order valence-electron chi connectivity index (χ1n) is 10.9. The van der Waals surface area contributed by atoms with Crippen LogP contribution in [0.4, 0.5) is 4.39 Å². The van der Waals surface area contributed by atoms with E-state index in [4.69, 9.17) is 0 Å². The third-order valence-corrected chi connectivity index (χ3v) is 6.32. The molecular formula is C27H27FN2O2. The van der Waals surface area contributed by atoms with Crippen LogP contribution in [0.2, 0.25) is 0 Å². The van der Waals surface area contributed by atoms with Crippen molar-refractivity contribution in [2.24, 2.45) is 5.41 Å². The molecule has 1 N–H and O–H groups in total. The van der Waals surface area contributed by atoms with Crippen molar-refractivity contribution in [3.63, 3.8) is 0 Å². The third-order valence-electron chi connectivity index (χ3n) is 6.32. The number of benzene rings is 3. The van der Waals surface area contributed by atoms with Gasteiger partial charge >= 0.3 is 0 Å². The van der Waals surface area contributed by atoms with Gasteiger partial charge in [-0.1, -0.05) is 72.8 Å². The second kappa shape index (κ2) is 9.35. The van der Waals surface area contributed by atoms with Crippen LogP contribution in [0.15, 0.2) is 78.9 Å². The highest BCUT2D eigenvalue weighted by atomic mass is 19.1. The first kappa shape index (κ1) is 21.8. The molecule has 0 radical (unpaired) electrons. The minimum Gasteiger partial charge on any atom is -0.359 e. The second-order valence-electron chi connectivity index (χ2n) is 8.40. The summed E-state index contributed by atoms with van der Waals surface area (Å²) in [5, 5.41) is 2.80. The summed E-state index contributed by atoms with van der Waals surface area (Å²) in [4.78, 5) is 27.8. The monoisotopic (exact) mass is 430 g/mol. The van der Waals surface area contributed by atoms with E-state index < -0.39 is 5.41 Å². The number of rotatable bonds is 6. The lowest BCUT2D eigenvalue weighted by atomic mass is 9.78. The molecule has 3 aromatic rings. The normalized spacial score (nSPS) is 17.9. The minimum absolute atomic E-state index is 0.0179. The van der Waals surface area contributed by atoms with Crippen LogP contribution < -0.4 is 5.32 Å². The highest BCUT2D eigenvalue weighted by Gasteiger charge is 2.45. The molecule has 0 bridgehead atoms. The number of nitrogens with zero attached hydrogens (tertiary/aromatic N) is 1. The number of likely N-dealkylation sites (tertiary alicyclic amines) is 1. The smallest absolute Gasteiger partial charge is 0.228 e. The predicted molar refractivity (Wildman–Crippen MR) is 123 cm³/mol. The number of carbonyl (C=O) groups is 2. The molecule has 1 heterocycles. The van der Waals surface area contributed by atoms with Crippen molar-refractivity contribution in [1.29, 1.82) is 0 Å². The van der Waals surface area contributed by atoms with Crippen LogP contribution >= 0.6 is 0 Å². The fraction of sp³-hybridized carbons (Fsp3) is 0.259. The standard InChI is InChI=1S/C27H27FN2O2/c1-29-26(32)27(15-16-30(19-27)25(31)17-20-9-3-2-4-10-20)18-21-11-5-6-12-22(21)23-13-7-8-14-24(23)28/h2-14H,15-19H2,1H3,(H,29,32). The summed E-state index contributed by atoms with van der Waals surface area (Å²) >= 11 is 0. The van der Waals surface area contributed by atoms with E-state index >= 15 is 0 Å². The van der Waals surface area contributed by atoms with Gasteiger partial charge in [-0.3, -0.25) is 9.59 Å². The summed E-state index contributed by atoms with van der Waals surface area (Å²) in [7, 11) is 1.63. The van der Waals surface area contributed by atoms with Gasteiger partial charge in [-0.2, -0.15) is 0 Å². The third kappa shape index (κ3) is 4.42. The fourth-order valence-corrected chi connectivity index (χ4v) is 4.62. The van der Waals surface area contributed by atoms with E-state index in [-0.39, 0.29) is 17.6 Å². The topological polar surface area (TPSA) is 49.4 Å². The Kier molecular flexibility index (Phi) is 6.35. The largest absolute Gasteiger partial charge is 0.359 e. The molecule has 4 nitrogen and oxygen atoms in total. The van der Waals surface area contributed by atoms with Crippen LogP contribution in [0, 0.1) is 11.2 Å². The van der Waals surface area contributed by atoms with Crippen LogP contribution in [0.1, 0.15) is 17.5 Å². The van der Waals surface area contributed by atoms with Crippen LogP contribution in [-0.4, -0.2) is 36.9 Å². The van der Waals surface area contributed by atoms with Gasteiger partial charge in [0.25, 0.3) is 0 Å². The van der Waals surface area contributed by atoms with Gasteiger partial charge in [0.2, 0.25) is 11.8 Å². The molecular weight excluding hydrogens is 403 g/mol. The lowest BCUT2D eigenvalue weighted by Gasteiger charge is -2.29. The van der Waals surface area contributed by atoms with E-state index in [1.54, 1.807) is 24.1 Å². The van der Waals surface area contributed by atoms with Crippen LogP contribution in [0.25, 0.3) is 11.1 Å². The highest BCUT2D eigenvalue weighted by Crippen LogP contribution is 2.38. The van der Waals surface area contributed by atoms with Crippen molar-refractivity contribution in [3.05, 3.63) is 95.8 Å². The first-order valence-corrected chi connectivity index (χ1v) is 10.9. The maximum absolute atomic E-state index is 14.5. The molecule has 0 aromatic heterocycles. The Hall–Kier alpha value is -3.47. The van der Waals surface area contributed by atoms with Gasteiger partial charge in [-0.25, -0.2) is 4.39 Å². The van der Waals surface area contributed by atoms with Gasteiger partial charge in [-0.15, -0.1) is 0 Å². The number of nitrogens with one attached hydrogen (secondary N) is 1. The van der Waals surface area contributed by atoms with Crippen molar-refractivity contribution in [2.45, 2.75) is 19.3 Å². The van der Waals surface area contributed by atoms with Crippen LogP contribution in [0.5, 0.6) is 0 Å². The van der Waals surface area contributed by atoms with Crippen LogP contribution in [-0.2, 0) is 22.4 Å². The molecule has 164 valence electrons. The van der Waals surface area contributed by atoms with Crippen molar-refractivity contribution >= 4 is 11.8 Å². The number of halogens is 1. The molecule has 1 aliphatic heterocycles. The molecule has 0 aliphatic carbocycles. The molecule has 3 aromatic carbocycles. The Morgan fingerprint density at radius 2 is 1.59 bits per heavy atom. The molecule has 0 spiro atoms. The zero-order valence-corrected chi connectivity index (χ0v) is 18.2. The van der Waals surface area contributed by atoms with E-state index in [2.05, 4.69) is 5.32 Å². The Morgan fingerprint density at radius 1 is 0.938 bits per heavy atom. The summed E-state index contributed by atoms with van der Waals surface area (Å²) in [6, 6.07) is 23.9. The molecule has 5 heteroatoms. The van der Waals surface area contributed by atoms with Crippen molar-refractivity contribution < 1.29 is 14.0 Å². The number of hydrogen-bond acceptors (Lipinski definition) is 2. The molecule has 1 unspecified atom stereocenters. The molecule has 1 saturated heterocycles. The average Bonchev–Trinajstić information content (AvgIpc) is 3.25. The zero-order valence-electron chi connectivity index (χ0n) is 18.2. The Morgan fingerprint density at radius 3 is 2.31 bits per heavy atom. The first-order chi connectivity index (χ1) is 15.5. The summed E-state index contributed by atoms with van der Waals surface area (Å²) in [6.07, 6.45) is 1.32. The molecule has 4 rings (SSSR count). The summed E-state index contributed by atoms with van der Waals surface area (Å²) in [5.41, 5.74) is 2.41. The SMILES string of the molecule is CNC(=O)C1(Cc2ccccc2-c2ccccc2F)CCN(C(=O)Cc2ccccc2)C1. The van der Waals surface area contributed by atoms with E-state index in [0.29, 0.717) is 37.9 Å².